The minimum absolute atomic E-state index is 0.184. The summed E-state index contributed by atoms with van der Waals surface area (Å²) in [5, 5.41) is 3.81. The van der Waals surface area contributed by atoms with Gasteiger partial charge in [0.15, 0.2) is 0 Å². The average Bonchev–Trinajstić information content (AvgIpc) is 3.04. The number of aromatic nitrogens is 3. The van der Waals surface area contributed by atoms with Crippen molar-refractivity contribution < 1.29 is 12.9 Å². The fourth-order valence-electron chi connectivity index (χ4n) is 2.03. The Balaban J connectivity index is 1.95. The van der Waals surface area contributed by atoms with E-state index in [2.05, 4.69) is 19.8 Å². The molecule has 0 radical (unpaired) electrons. The molecule has 3 aromatic heterocycles. The Kier molecular flexibility index (Phi) is 3.90. The van der Waals surface area contributed by atoms with Crippen molar-refractivity contribution in [1.29, 1.82) is 0 Å². The smallest absolute Gasteiger partial charge is 0.264 e. The van der Waals surface area contributed by atoms with Crippen molar-refractivity contribution in [2.45, 2.75) is 25.7 Å². The summed E-state index contributed by atoms with van der Waals surface area (Å²) in [6.45, 7) is 5.21. The van der Waals surface area contributed by atoms with Crippen molar-refractivity contribution in [2.75, 3.05) is 4.72 Å². The highest BCUT2D eigenvalue weighted by Crippen LogP contribution is 2.32. The number of aryl methyl sites for hydroxylation is 3. The minimum atomic E-state index is -3.73. The summed E-state index contributed by atoms with van der Waals surface area (Å²) in [7, 11) is -3.73. The summed E-state index contributed by atoms with van der Waals surface area (Å²) >= 11 is 1.30. The summed E-state index contributed by atoms with van der Waals surface area (Å²) < 4.78 is 32.6. The lowest BCUT2D eigenvalue weighted by atomic mass is 10.4. The molecule has 0 aliphatic rings. The van der Waals surface area contributed by atoms with Crippen molar-refractivity contribution >= 4 is 27.2 Å². The lowest BCUT2D eigenvalue weighted by Gasteiger charge is -2.07. The van der Waals surface area contributed by atoms with Crippen molar-refractivity contribution in [2.24, 2.45) is 0 Å². The second-order valence-corrected chi connectivity index (χ2v) is 7.84. The Bertz CT molecular complexity index is 960. The Morgan fingerprint density at radius 3 is 2.61 bits per heavy atom. The molecule has 0 saturated carbocycles. The van der Waals surface area contributed by atoms with E-state index in [0.29, 0.717) is 21.5 Å². The average molecular weight is 350 g/mol. The fraction of sp³-hybridized carbons (Fsp3) is 0.214. The van der Waals surface area contributed by atoms with Gasteiger partial charge in [0.25, 0.3) is 10.0 Å². The second-order valence-electron chi connectivity index (χ2n) is 4.94. The third-order valence-corrected chi connectivity index (χ3v) is 5.69. The molecule has 0 spiro atoms. The van der Waals surface area contributed by atoms with Crippen LogP contribution in [0.2, 0.25) is 0 Å². The molecular weight excluding hydrogens is 336 g/mol. The van der Waals surface area contributed by atoms with E-state index >= 15 is 0 Å². The zero-order valence-corrected chi connectivity index (χ0v) is 14.3. The van der Waals surface area contributed by atoms with Gasteiger partial charge < -0.3 is 4.52 Å². The van der Waals surface area contributed by atoms with Gasteiger partial charge in [0.2, 0.25) is 11.7 Å². The highest BCUT2D eigenvalue weighted by atomic mass is 32.2. The van der Waals surface area contributed by atoms with Crippen LogP contribution in [-0.2, 0) is 10.0 Å². The maximum atomic E-state index is 12.6. The number of nitrogens with zero attached hydrogens (tertiary/aromatic N) is 3. The number of pyridine rings is 1. The molecule has 0 unspecified atom stereocenters. The highest BCUT2D eigenvalue weighted by Gasteiger charge is 2.22. The number of thiophene rings is 1. The topological polar surface area (TPSA) is 98.0 Å². The van der Waals surface area contributed by atoms with E-state index in [4.69, 9.17) is 4.52 Å². The molecule has 0 aliphatic carbocycles. The normalized spacial score (nSPS) is 11.6. The Morgan fingerprint density at radius 1 is 1.17 bits per heavy atom. The molecule has 0 aliphatic heterocycles. The number of sulfonamides is 1. The van der Waals surface area contributed by atoms with E-state index in [9.17, 15) is 8.42 Å². The van der Waals surface area contributed by atoms with Crippen LogP contribution in [-0.4, -0.2) is 23.5 Å². The number of anilines is 1. The van der Waals surface area contributed by atoms with Gasteiger partial charge in [-0.25, -0.2) is 13.4 Å². The van der Waals surface area contributed by atoms with Gasteiger partial charge in [-0.05, 0) is 32.0 Å². The number of hydrogen-bond acceptors (Lipinski definition) is 7. The molecular formula is C14H14N4O3S2. The van der Waals surface area contributed by atoms with Gasteiger partial charge in [0.1, 0.15) is 10.7 Å². The van der Waals surface area contributed by atoms with Crippen LogP contribution < -0.4 is 4.72 Å². The molecule has 0 amide bonds. The fourth-order valence-corrected chi connectivity index (χ4v) is 4.55. The molecule has 7 nitrogen and oxygen atoms in total. The van der Waals surface area contributed by atoms with E-state index in [1.807, 2.05) is 0 Å². The van der Waals surface area contributed by atoms with Gasteiger partial charge in [0.05, 0.1) is 4.88 Å². The maximum Gasteiger partial charge on any atom is 0.264 e. The number of nitrogens with one attached hydrogen (secondary N) is 1. The zero-order valence-electron chi connectivity index (χ0n) is 12.7. The number of rotatable bonds is 4. The zero-order chi connectivity index (χ0) is 16.6. The van der Waals surface area contributed by atoms with Crippen molar-refractivity contribution in [3.63, 3.8) is 0 Å². The highest BCUT2D eigenvalue weighted by molar-refractivity contribution is 7.93. The van der Waals surface area contributed by atoms with Crippen molar-refractivity contribution in [3.8, 4) is 10.7 Å². The Hall–Kier alpha value is -2.26. The summed E-state index contributed by atoms with van der Waals surface area (Å²) in [5.41, 5.74) is 0.732. The third kappa shape index (κ3) is 3.25. The van der Waals surface area contributed by atoms with Crippen molar-refractivity contribution in [1.82, 2.24) is 15.1 Å². The van der Waals surface area contributed by atoms with Crippen LogP contribution >= 0.6 is 11.3 Å². The molecule has 0 fully saturated rings. The molecule has 3 aromatic rings. The van der Waals surface area contributed by atoms with Crippen LogP contribution in [0.15, 0.2) is 33.7 Å². The molecule has 0 saturated heterocycles. The van der Waals surface area contributed by atoms with E-state index in [-0.39, 0.29) is 10.7 Å². The van der Waals surface area contributed by atoms with E-state index in [1.165, 1.54) is 11.3 Å². The predicted molar refractivity (Wildman–Crippen MR) is 86.9 cm³/mol. The first kappa shape index (κ1) is 15.6. The molecule has 120 valence electrons. The van der Waals surface area contributed by atoms with Crippen molar-refractivity contribution in [3.05, 3.63) is 40.7 Å². The molecule has 9 heteroatoms. The third-order valence-electron chi connectivity index (χ3n) is 3.04. The number of hydrogen-bond donors (Lipinski definition) is 1. The summed E-state index contributed by atoms with van der Waals surface area (Å²) in [6, 6.07) is 6.69. The van der Waals surface area contributed by atoms with Crippen LogP contribution in [0.5, 0.6) is 0 Å². The largest absolute Gasteiger partial charge is 0.339 e. The lowest BCUT2D eigenvalue weighted by molar-refractivity contribution is 0.394. The van der Waals surface area contributed by atoms with Crippen LogP contribution in [0.25, 0.3) is 10.7 Å². The van der Waals surface area contributed by atoms with Crippen LogP contribution in [0.4, 0.5) is 5.82 Å². The van der Waals surface area contributed by atoms with E-state index < -0.39 is 10.0 Å². The molecule has 0 bridgehead atoms. The first-order valence-electron chi connectivity index (χ1n) is 6.73. The molecule has 3 heterocycles. The van der Waals surface area contributed by atoms with Gasteiger partial charge in [-0.2, -0.15) is 4.98 Å². The van der Waals surface area contributed by atoms with Crippen LogP contribution in [0.3, 0.4) is 0 Å². The molecule has 0 atom stereocenters. The summed E-state index contributed by atoms with van der Waals surface area (Å²) in [4.78, 5) is 9.73. The summed E-state index contributed by atoms with van der Waals surface area (Å²) in [5.74, 6) is 1.09. The minimum Gasteiger partial charge on any atom is -0.339 e. The standard InChI is InChI=1S/C14H14N4O3S2/c1-8-5-4-6-13(15-8)18-23(19,20)12-7-11(22-9(12)2)14-16-10(3)21-17-14/h4-7H,1-3H3,(H,15,18). The van der Waals surface area contributed by atoms with Crippen LogP contribution in [0.1, 0.15) is 16.5 Å². The summed E-state index contributed by atoms with van der Waals surface area (Å²) in [6.07, 6.45) is 0. The van der Waals surface area contributed by atoms with Gasteiger partial charge in [-0.1, -0.05) is 11.2 Å². The monoisotopic (exact) mass is 350 g/mol. The Morgan fingerprint density at radius 2 is 1.96 bits per heavy atom. The lowest BCUT2D eigenvalue weighted by Crippen LogP contribution is -2.14. The SMILES string of the molecule is Cc1cccc(NS(=O)(=O)c2cc(-c3noc(C)n3)sc2C)n1. The maximum absolute atomic E-state index is 12.6. The Labute approximate surface area is 137 Å². The van der Waals surface area contributed by atoms with Gasteiger partial charge in [0, 0.05) is 17.5 Å². The molecule has 23 heavy (non-hydrogen) atoms. The molecule has 1 N–H and O–H groups in total. The second kappa shape index (κ2) is 5.74. The van der Waals surface area contributed by atoms with E-state index in [0.717, 1.165) is 5.69 Å². The van der Waals surface area contributed by atoms with Crippen LogP contribution in [0, 0.1) is 20.8 Å². The first-order chi connectivity index (χ1) is 10.8. The quantitative estimate of drug-likeness (QED) is 0.777. The molecule has 3 rings (SSSR count). The van der Waals surface area contributed by atoms with Gasteiger partial charge in [-0.3, -0.25) is 4.72 Å². The van der Waals surface area contributed by atoms with E-state index in [1.54, 1.807) is 45.0 Å². The van der Waals surface area contributed by atoms with Gasteiger partial charge >= 0.3 is 0 Å². The molecule has 0 aromatic carbocycles. The van der Waals surface area contributed by atoms with Gasteiger partial charge in [-0.15, -0.1) is 11.3 Å². The first-order valence-corrected chi connectivity index (χ1v) is 9.03. The predicted octanol–water partition coefficient (Wildman–Crippen LogP) is 2.92.